The van der Waals surface area contributed by atoms with Crippen molar-refractivity contribution < 1.29 is 4.79 Å². The van der Waals surface area contributed by atoms with E-state index in [0.29, 0.717) is 0 Å². The van der Waals surface area contributed by atoms with Gasteiger partial charge in [-0.2, -0.15) is 0 Å². The lowest BCUT2D eigenvalue weighted by Gasteiger charge is -2.32. The summed E-state index contributed by atoms with van der Waals surface area (Å²) < 4.78 is 0. The summed E-state index contributed by atoms with van der Waals surface area (Å²) >= 11 is 3.53. The molecule has 1 fully saturated rings. The van der Waals surface area contributed by atoms with Crippen LogP contribution in [0.25, 0.3) is 0 Å². The van der Waals surface area contributed by atoms with Crippen LogP contribution in [0.1, 0.15) is 34.5 Å². The van der Waals surface area contributed by atoms with Gasteiger partial charge in [0.15, 0.2) is 0 Å². The lowest BCUT2D eigenvalue weighted by molar-refractivity contribution is 0.0683. The summed E-state index contributed by atoms with van der Waals surface area (Å²) in [5.41, 5.74) is 0.859. The van der Waals surface area contributed by atoms with Crippen LogP contribution in [0.2, 0.25) is 0 Å². The Labute approximate surface area is 158 Å². The van der Waals surface area contributed by atoms with Gasteiger partial charge < -0.3 is 10.2 Å². The largest absolute Gasteiger partial charge is 0.339 e. The summed E-state index contributed by atoms with van der Waals surface area (Å²) in [5.74, 6) is 1.87. The Morgan fingerprint density at radius 3 is 2.76 bits per heavy atom. The molecule has 0 unspecified atom stereocenters. The van der Waals surface area contributed by atoms with Crippen molar-refractivity contribution in [2.24, 2.45) is 5.92 Å². The van der Waals surface area contributed by atoms with E-state index in [1.54, 1.807) is 23.1 Å². The molecule has 0 aliphatic carbocycles. The third kappa shape index (κ3) is 5.09. The van der Waals surface area contributed by atoms with Gasteiger partial charge >= 0.3 is 0 Å². The van der Waals surface area contributed by atoms with Gasteiger partial charge in [-0.25, -0.2) is 0 Å². The number of rotatable bonds is 7. The summed E-state index contributed by atoms with van der Waals surface area (Å²) in [6.45, 7) is 2.84. The highest BCUT2D eigenvalue weighted by Crippen LogP contribution is 2.30. The highest BCUT2D eigenvalue weighted by atomic mass is 32.2. The summed E-state index contributed by atoms with van der Waals surface area (Å²) in [5, 5.41) is 5.33. The van der Waals surface area contributed by atoms with Gasteiger partial charge in [0.05, 0.1) is 5.56 Å². The number of likely N-dealkylation sites (tertiary alicyclic amines) is 1. The van der Waals surface area contributed by atoms with Gasteiger partial charge in [0, 0.05) is 28.6 Å². The highest BCUT2D eigenvalue weighted by molar-refractivity contribution is 7.98. The van der Waals surface area contributed by atoms with Gasteiger partial charge in [-0.05, 0) is 62.4 Å². The van der Waals surface area contributed by atoms with E-state index in [4.69, 9.17) is 0 Å². The van der Waals surface area contributed by atoms with E-state index >= 15 is 0 Å². The zero-order chi connectivity index (χ0) is 17.5. The minimum absolute atomic E-state index is 0.196. The minimum Gasteiger partial charge on any atom is -0.339 e. The maximum atomic E-state index is 13.0. The smallest absolute Gasteiger partial charge is 0.254 e. The average molecular weight is 375 g/mol. The monoisotopic (exact) mass is 374 g/mol. The summed E-state index contributed by atoms with van der Waals surface area (Å²) in [7, 11) is 2.00. The van der Waals surface area contributed by atoms with Crippen LogP contribution in [-0.2, 0) is 5.75 Å². The number of thioether (sulfide) groups is 1. The molecule has 25 heavy (non-hydrogen) atoms. The van der Waals surface area contributed by atoms with E-state index in [-0.39, 0.29) is 5.91 Å². The third-order valence-electron chi connectivity index (χ3n) is 4.77. The van der Waals surface area contributed by atoms with Gasteiger partial charge in [-0.15, -0.1) is 23.1 Å². The van der Waals surface area contributed by atoms with Crippen molar-refractivity contribution in [1.29, 1.82) is 0 Å². The van der Waals surface area contributed by atoms with Gasteiger partial charge in [0.2, 0.25) is 0 Å². The normalized spacial score (nSPS) is 15.5. The Morgan fingerprint density at radius 2 is 2.04 bits per heavy atom. The zero-order valence-electron chi connectivity index (χ0n) is 14.7. The zero-order valence-corrected chi connectivity index (χ0v) is 16.4. The molecule has 1 aliphatic rings. The van der Waals surface area contributed by atoms with Crippen LogP contribution in [0, 0.1) is 5.92 Å². The molecule has 1 aromatic heterocycles. The van der Waals surface area contributed by atoms with E-state index in [9.17, 15) is 4.79 Å². The molecule has 2 aromatic rings. The SMILES string of the molecule is CNCCC1CCN(C(=O)c2ccccc2SCc2cccs2)CC1. The number of amides is 1. The predicted molar refractivity (Wildman–Crippen MR) is 107 cm³/mol. The second-order valence-electron chi connectivity index (χ2n) is 6.49. The van der Waals surface area contributed by atoms with Gasteiger partial charge in [0.25, 0.3) is 5.91 Å². The Bertz CT molecular complexity index is 664. The van der Waals surface area contributed by atoms with Crippen LogP contribution in [0.4, 0.5) is 0 Å². The van der Waals surface area contributed by atoms with Crippen LogP contribution in [0.5, 0.6) is 0 Å². The molecule has 0 saturated carbocycles. The van der Waals surface area contributed by atoms with Gasteiger partial charge in [0.1, 0.15) is 0 Å². The molecule has 3 rings (SSSR count). The minimum atomic E-state index is 0.196. The van der Waals surface area contributed by atoms with Crippen LogP contribution < -0.4 is 5.32 Å². The maximum Gasteiger partial charge on any atom is 0.254 e. The fraction of sp³-hybridized carbons (Fsp3) is 0.450. The number of carbonyl (C=O) groups is 1. The van der Waals surface area contributed by atoms with Gasteiger partial charge in [-0.1, -0.05) is 18.2 Å². The Morgan fingerprint density at radius 1 is 1.24 bits per heavy atom. The molecular weight excluding hydrogens is 348 g/mol. The molecule has 1 N–H and O–H groups in total. The number of nitrogens with zero attached hydrogens (tertiary/aromatic N) is 1. The van der Waals surface area contributed by atoms with Crippen molar-refractivity contribution in [1.82, 2.24) is 10.2 Å². The molecule has 1 aliphatic heterocycles. The molecule has 0 bridgehead atoms. The van der Waals surface area contributed by atoms with E-state index < -0.39 is 0 Å². The van der Waals surface area contributed by atoms with Crippen molar-refractivity contribution in [3.8, 4) is 0 Å². The number of hydrogen-bond acceptors (Lipinski definition) is 4. The molecule has 2 heterocycles. The van der Waals surface area contributed by atoms with Crippen molar-refractivity contribution in [2.45, 2.75) is 29.9 Å². The first-order valence-corrected chi connectivity index (χ1v) is 10.8. The molecule has 1 amide bonds. The second-order valence-corrected chi connectivity index (χ2v) is 8.54. The standard InChI is InChI=1S/C20H26N2OS2/c1-21-11-8-16-9-12-22(13-10-16)20(23)18-6-2-3-7-19(18)25-15-17-5-4-14-24-17/h2-7,14,16,21H,8-13,15H2,1H3. The topological polar surface area (TPSA) is 32.3 Å². The second kappa shape index (κ2) is 9.41. The number of benzene rings is 1. The van der Waals surface area contributed by atoms with Crippen LogP contribution >= 0.6 is 23.1 Å². The number of piperidine rings is 1. The van der Waals surface area contributed by atoms with Gasteiger partial charge in [-0.3, -0.25) is 4.79 Å². The first-order chi connectivity index (χ1) is 12.3. The van der Waals surface area contributed by atoms with Crippen molar-refractivity contribution in [3.63, 3.8) is 0 Å². The Balaban J connectivity index is 1.60. The first-order valence-electron chi connectivity index (χ1n) is 8.96. The van der Waals surface area contributed by atoms with Crippen LogP contribution in [-0.4, -0.2) is 37.5 Å². The number of thiophene rings is 1. The Kier molecular flexibility index (Phi) is 6.96. The maximum absolute atomic E-state index is 13.0. The number of hydrogen-bond donors (Lipinski definition) is 1. The predicted octanol–water partition coefficient (Wildman–Crippen LogP) is 4.50. The third-order valence-corrected chi connectivity index (χ3v) is 6.95. The first kappa shape index (κ1) is 18.5. The molecule has 5 heteroatoms. The molecule has 1 aromatic carbocycles. The fourth-order valence-electron chi connectivity index (χ4n) is 3.26. The summed E-state index contributed by atoms with van der Waals surface area (Å²) in [6, 6.07) is 12.3. The lowest BCUT2D eigenvalue weighted by atomic mass is 9.93. The molecule has 134 valence electrons. The van der Waals surface area contributed by atoms with Crippen molar-refractivity contribution in [2.75, 3.05) is 26.7 Å². The van der Waals surface area contributed by atoms with Crippen LogP contribution in [0.3, 0.4) is 0 Å². The molecule has 0 spiro atoms. The van der Waals surface area contributed by atoms with Crippen molar-refractivity contribution in [3.05, 3.63) is 52.2 Å². The number of nitrogens with one attached hydrogen (secondary N) is 1. The quantitative estimate of drug-likeness (QED) is 0.724. The summed E-state index contributed by atoms with van der Waals surface area (Å²) in [6.07, 6.45) is 3.46. The lowest BCUT2D eigenvalue weighted by Crippen LogP contribution is -2.39. The molecular formula is C20H26N2OS2. The van der Waals surface area contributed by atoms with E-state index in [1.807, 2.05) is 30.1 Å². The Hall–Kier alpha value is -1.30. The molecule has 0 radical (unpaired) electrons. The average Bonchev–Trinajstić information content (AvgIpc) is 3.18. The van der Waals surface area contributed by atoms with E-state index in [1.165, 1.54) is 11.3 Å². The van der Waals surface area contributed by atoms with Crippen molar-refractivity contribution >= 4 is 29.0 Å². The number of carbonyl (C=O) groups excluding carboxylic acids is 1. The highest BCUT2D eigenvalue weighted by Gasteiger charge is 2.24. The molecule has 1 saturated heterocycles. The van der Waals surface area contributed by atoms with Crippen LogP contribution in [0.15, 0.2) is 46.7 Å². The van der Waals surface area contributed by atoms with E-state index in [2.05, 4.69) is 28.9 Å². The van der Waals surface area contributed by atoms with E-state index in [0.717, 1.165) is 54.6 Å². The molecule has 0 atom stereocenters. The summed E-state index contributed by atoms with van der Waals surface area (Å²) in [4.78, 5) is 17.5. The molecule has 3 nitrogen and oxygen atoms in total. The fourth-order valence-corrected chi connectivity index (χ4v) is 5.07.